The van der Waals surface area contributed by atoms with Gasteiger partial charge in [-0.25, -0.2) is 14.4 Å². The predicted molar refractivity (Wildman–Crippen MR) is 140 cm³/mol. The number of oxime groups is 1. The second kappa shape index (κ2) is 13.1. The minimum Gasteiger partial charge on any atom is -0.465 e. The molecule has 1 aliphatic rings. The van der Waals surface area contributed by atoms with Gasteiger partial charge in [0.1, 0.15) is 31.3 Å². The molecule has 0 amide bonds. The molecule has 0 bridgehead atoms. The quantitative estimate of drug-likeness (QED) is 0.155. The molecule has 4 N–H and O–H groups in total. The summed E-state index contributed by atoms with van der Waals surface area (Å²) in [6.07, 6.45) is 2.65. The van der Waals surface area contributed by atoms with Crippen LogP contribution < -0.4 is 10.6 Å². The number of halogens is 1. The van der Waals surface area contributed by atoms with Gasteiger partial charge in [-0.15, -0.1) is 0 Å². The highest BCUT2D eigenvalue weighted by Crippen LogP contribution is 2.26. The van der Waals surface area contributed by atoms with E-state index in [1.807, 2.05) is 4.90 Å². The summed E-state index contributed by atoms with van der Waals surface area (Å²) in [6.45, 7) is 5.79. The predicted octanol–water partition coefficient (Wildman–Crippen LogP) is 2.04. The third-order valence-corrected chi connectivity index (χ3v) is 5.61. The number of nitrogens with zero attached hydrogens (tertiary/aromatic N) is 4. The Balaban J connectivity index is 1.49. The molecule has 2 aromatic rings. The number of benzene rings is 1. The van der Waals surface area contributed by atoms with E-state index < -0.39 is 17.2 Å². The van der Waals surface area contributed by atoms with Crippen molar-refractivity contribution in [3.05, 3.63) is 42.0 Å². The van der Waals surface area contributed by atoms with Crippen LogP contribution in [0.1, 0.15) is 32.8 Å². The van der Waals surface area contributed by atoms with E-state index in [2.05, 4.69) is 15.1 Å². The van der Waals surface area contributed by atoms with Crippen LogP contribution in [0.3, 0.4) is 0 Å². The second-order valence-corrected chi connectivity index (χ2v) is 10.1. The number of anilines is 1. The van der Waals surface area contributed by atoms with Crippen LogP contribution in [0.25, 0.3) is 11.1 Å². The number of esters is 2. The SMILES string of the molecule is CC(C)(C)C(=O)OCC(CO)CON=C1CN(c2ncc(-c3cccc(COC(=O)CC(=N)N)c3F)cn2)C1. The molecule has 1 atom stereocenters. The van der Waals surface area contributed by atoms with Gasteiger partial charge in [-0.2, -0.15) is 0 Å². The number of carbonyl (C=O) groups is 2. The molecule has 1 aromatic carbocycles. The molecular formula is C26H33FN6O6. The van der Waals surface area contributed by atoms with Crippen molar-refractivity contribution in [3.63, 3.8) is 0 Å². The van der Waals surface area contributed by atoms with Crippen molar-refractivity contribution in [1.82, 2.24) is 9.97 Å². The summed E-state index contributed by atoms with van der Waals surface area (Å²) in [5.74, 6) is -1.90. The number of ether oxygens (including phenoxy) is 2. The second-order valence-electron chi connectivity index (χ2n) is 10.1. The number of hydrogen-bond acceptors (Lipinski definition) is 11. The molecule has 1 aliphatic heterocycles. The number of amidine groups is 1. The molecule has 12 nitrogen and oxygen atoms in total. The van der Waals surface area contributed by atoms with Crippen LogP contribution in [0.4, 0.5) is 10.3 Å². The average Bonchev–Trinajstić information content (AvgIpc) is 2.85. The molecule has 210 valence electrons. The zero-order valence-corrected chi connectivity index (χ0v) is 22.1. The fraction of sp³-hybridized carbons (Fsp3) is 0.462. The molecule has 2 heterocycles. The number of rotatable bonds is 12. The van der Waals surface area contributed by atoms with Crippen LogP contribution >= 0.6 is 0 Å². The van der Waals surface area contributed by atoms with Crippen molar-refractivity contribution >= 4 is 29.4 Å². The summed E-state index contributed by atoms with van der Waals surface area (Å²) in [6, 6.07) is 4.71. The lowest BCUT2D eigenvalue weighted by Crippen LogP contribution is -2.48. The van der Waals surface area contributed by atoms with Gasteiger partial charge in [0, 0.05) is 29.1 Å². The smallest absolute Gasteiger partial charge is 0.313 e. The van der Waals surface area contributed by atoms with Gasteiger partial charge in [-0.3, -0.25) is 15.0 Å². The highest BCUT2D eigenvalue weighted by molar-refractivity contribution is 5.98. The summed E-state index contributed by atoms with van der Waals surface area (Å²) in [4.78, 5) is 39.3. The van der Waals surface area contributed by atoms with E-state index in [9.17, 15) is 14.7 Å². The van der Waals surface area contributed by atoms with Gasteiger partial charge < -0.3 is 30.1 Å². The molecule has 0 saturated carbocycles. The lowest BCUT2D eigenvalue weighted by Gasteiger charge is -2.32. The summed E-state index contributed by atoms with van der Waals surface area (Å²) in [5.41, 5.74) is 6.19. The molecule has 3 rings (SSSR count). The van der Waals surface area contributed by atoms with Gasteiger partial charge in [-0.05, 0) is 20.8 Å². The van der Waals surface area contributed by atoms with Crippen LogP contribution in [0, 0.1) is 22.6 Å². The number of carbonyl (C=O) groups excluding carboxylic acids is 2. The minimum atomic E-state index is -0.710. The van der Waals surface area contributed by atoms with E-state index in [0.29, 0.717) is 24.6 Å². The van der Waals surface area contributed by atoms with Crippen molar-refractivity contribution in [1.29, 1.82) is 5.41 Å². The van der Waals surface area contributed by atoms with Crippen molar-refractivity contribution < 1.29 is 33.4 Å². The summed E-state index contributed by atoms with van der Waals surface area (Å²) >= 11 is 0. The summed E-state index contributed by atoms with van der Waals surface area (Å²) < 4.78 is 25.2. The van der Waals surface area contributed by atoms with Crippen LogP contribution in [-0.2, 0) is 30.5 Å². The summed E-state index contributed by atoms with van der Waals surface area (Å²) in [7, 11) is 0. The Hall–Kier alpha value is -4.13. The van der Waals surface area contributed by atoms with Crippen LogP contribution in [-0.4, -0.2) is 71.5 Å². The van der Waals surface area contributed by atoms with E-state index in [-0.39, 0.29) is 61.7 Å². The first kappa shape index (κ1) is 29.4. The Morgan fingerprint density at radius 2 is 1.90 bits per heavy atom. The number of aromatic nitrogens is 2. The van der Waals surface area contributed by atoms with Crippen molar-refractivity contribution in [2.24, 2.45) is 22.2 Å². The Morgan fingerprint density at radius 1 is 1.21 bits per heavy atom. The lowest BCUT2D eigenvalue weighted by molar-refractivity contribution is -0.155. The van der Waals surface area contributed by atoms with E-state index in [1.54, 1.807) is 32.9 Å². The maximum atomic E-state index is 15.0. The van der Waals surface area contributed by atoms with Crippen LogP contribution in [0.15, 0.2) is 35.7 Å². The van der Waals surface area contributed by atoms with Gasteiger partial charge in [-0.1, -0.05) is 23.4 Å². The number of hydrogen-bond donors (Lipinski definition) is 3. The average molecular weight is 545 g/mol. The van der Waals surface area contributed by atoms with Crippen molar-refractivity contribution in [2.75, 3.05) is 37.8 Å². The van der Waals surface area contributed by atoms with Crippen LogP contribution in [0.5, 0.6) is 0 Å². The van der Waals surface area contributed by atoms with Gasteiger partial charge in [0.2, 0.25) is 5.95 Å². The third kappa shape index (κ3) is 8.43. The van der Waals surface area contributed by atoms with E-state index >= 15 is 4.39 Å². The fourth-order valence-electron chi connectivity index (χ4n) is 3.29. The first-order valence-electron chi connectivity index (χ1n) is 12.3. The summed E-state index contributed by atoms with van der Waals surface area (Å²) in [5, 5.41) is 20.7. The monoisotopic (exact) mass is 544 g/mol. The maximum absolute atomic E-state index is 15.0. The number of nitrogens with one attached hydrogen (secondary N) is 1. The Morgan fingerprint density at radius 3 is 2.51 bits per heavy atom. The van der Waals surface area contributed by atoms with Crippen LogP contribution in [0.2, 0.25) is 0 Å². The van der Waals surface area contributed by atoms with Gasteiger partial charge in [0.25, 0.3) is 0 Å². The maximum Gasteiger partial charge on any atom is 0.313 e. The molecule has 1 unspecified atom stereocenters. The number of aliphatic hydroxyl groups is 1. The van der Waals surface area contributed by atoms with Gasteiger partial charge in [0.15, 0.2) is 0 Å². The zero-order chi connectivity index (χ0) is 28.6. The number of nitrogens with two attached hydrogens (primary N) is 1. The molecule has 0 spiro atoms. The Bertz CT molecular complexity index is 1210. The number of aliphatic hydroxyl groups excluding tert-OH is 1. The standard InChI is InChI=1S/C26H33FN6O6/c1-26(2,3)24(36)38-13-16(12-34)14-39-32-19-10-33(11-19)25-30-8-18(9-31-25)20-6-4-5-17(23(20)27)15-37-22(35)7-21(28)29/h4-6,8-9,16,34H,7,10-15H2,1-3H3,(H3,28,29). The largest absolute Gasteiger partial charge is 0.465 e. The normalized spacial score (nSPS) is 13.8. The molecule has 1 fully saturated rings. The van der Waals surface area contributed by atoms with Gasteiger partial charge in [0.05, 0.1) is 43.3 Å². The van der Waals surface area contributed by atoms with E-state index in [0.717, 1.165) is 5.71 Å². The highest BCUT2D eigenvalue weighted by Gasteiger charge is 2.26. The van der Waals surface area contributed by atoms with Gasteiger partial charge >= 0.3 is 11.9 Å². The highest BCUT2D eigenvalue weighted by atomic mass is 19.1. The molecule has 13 heteroatoms. The van der Waals surface area contributed by atoms with E-state index in [4.69, 9.17) is 25.5 Å². The lowest BCUT2D eigenvalue weighted by atomic mass is 9.97. The van der Waals surface area contributed by atoms with Crippen molar-refractivity contribution in [3.8, 4) is 11.1 Å². The molecule has 1 saturated heterocycles. The third-order valence-electron chi connectivity index (χ3n) is 5.61. The fourth-order valence-corrected chi connectivity index (χ4v) is 3.29. The topological polar surface area (TPSA) is 173 Å². The molecule has 39 heavy (non-hydrogen) atoms. The van der Waals surface area contributed by atoms with Crippen molar-refractivity contribution in [2.45, 2.75) is 33.8 Å². The molecule has 1 aromatic heterocycles. The molecule has 0 aliphatic carbocycles. The molecular weight excluding hydrogens is 511 g/mol. The Kier molecular flexibility index (Phi) is 9.88. The Labute approximate surface area is 225 Å². The van der Waals surface area contributed by atoms with E-state index in [1.165, 1.54) is 18.5 Å². The molecule has 0 radical (unpaired) electrons. The zero-order valence-electron chi connectivity index (χ0n) is 22.1. The minimum absolute atomic E-state index is 0.0400. The first-order chi connectivity index (χ1) is 18.5. The first-order valence-corrected chi connectivity index (χ1v) is 12.3.